The second-order valence-electron chi connectivity index (χ2n) is 6.71. The number of hydrogen-bond acceptors (Lipinski definition) is 6. The van der Waals surface area contributed by atoms with E-state index in [4.69, 9.17) is 9.15 Å². The molecular formula is C22H19N3O4. The lowest BCUT2D eigenvalue weighted by Gasteiger charge is -2.15. The SMILES string of the molecule is COc1cccc(N2N=C(C)C(C(=O)Cc3cccc(-c4ncco4)c3)C2=O)c1. The van der Waals surface area contributed by atoms with E-state index in [0.29, 0.717) is 23.0 Å². The van der Waals surface area contributed by atoms with Crippen LogP contribution in [-0.4, -0.2) is 29.5 Å². The Morgan fingerprint density at radius 3 is 2.79 bits per heavy atom. The van der Waals surface area contributed by atoms with Crippen molar-refractivity contribution in [3.05, 3.63) is 66.6 Å². The number of nitrogens with zero attached hydrogens (tertiary/aromatic N) is 3. The first-order valence-corrected chi connectivity index (χ1v) is 9.11. The number of ether oxygens (including phenoxy) is 1. The molecule has 146 valence electrons. The molecule has 0 bridgehead atoms. The van der Waals surface area contributed by atoms with Crippen LogP contribution in [-0.2, 0) is 16.0 Å². The summed E-state index contributed by atoms with van der Waals surface area (Å²) in [4.78, 5) is 30.0. The highest BCUT2D eigenvalue weighted by Crippen LogP contribution is 2.28. The lowest BCUT2D eigenvalue weighted by Crippen LogP contribution is -2.33. The Morgan fingerprint density at radius 1 is 1.21 bits per heavy atom. The van der Waals surface area contributed by atoms with E-state index in [1.165, 1.54) is 11.3 Å². The van der Waals surface area contributed by atoms with E-state index < -0.39 is 5.92 Å². The number of anilines is 1. The van der Waals surface area contributed by atoms with E-state index in [-0.39, 0.29) is 18.1 Å². The molecule has 2 aromatic carbocycles. The molecule has 4 rings (SSSR count). The highest BCUT2D eigenvalue weighted by Gasteiger charge is 2.39. The molecule has 0 aliphatic carbocycles. The number of Topliss-reactive ketones (excluding diaryl/α,β-unsaturated/α-hetero) is 1. The molecule has 1 aliphatic rings. The Balaban J connectivity index is 1.53. The first-order chi connectivity index (χ1) is 14.1. The fourth-order valence-electron chi connectivity index (χ4n) is 3.35. The van der Waals surface area contributed by atoms with Gasteiger partial charge in [-0.25, -0.2) is 4.98 Å². The third-order valence-corrected chi connectivity index (χ3v) is 4.74. The summed E-state index contributed by atoms with van der Waals surface area (Å²) in [7, 11) is 1.55. The van der Waals surface area contributed by atoms with Gasteiger partial charge in [0.2, 0.25) is 5.89 Å². The van der Waals surface area contributed by atoms with Crippen molar-refractivity contribution in [1.82, 2.24) is 4.98 Å². The highest BCUT2D eigenvalue weighted by molar-refractivity contribution is 6.27. The summed E-state index contributed by atoms with van der Waals surface area (Å²) < 4.78 is 10.5. The third kappa shape index (κ3) is 3.67. The topological polar surface area (TPSA) is 85.0 Å². The van der Waals surface area contributed by atoms with Crippen LogP contribution in [0.15, 0.2) is 70.5 Å². The van der Waals surface area contributed by atoms with Crippen molar-refractivity contribution >= 4 is 23.1 Å². The summed E-state index contributed by atoms with van der Waals surface area (Å²) in [5.74, 6) is -0.359. The molecule has 2 heterocycles. The maximum Gasteiger partial charge on any atom is 0.263 e. The van der Waals surface area contributed by atoms with Crippen LogP contribution in [0.3, 0.4) is 0 Å². The zero-order valence-electron chi connectivity index (χ0n) is 16.0. The maximum absolute atomic E-state index is 12.9. The van der Waals surface area contributed by atoms with Gasteiger partial charge in [-0.1, -0.05) is 18.2 Å². The summed E-state index contributed by atoms with van der Waals surface area (Å²) in [6.07, 6.45) is 3.18. The van der Waals surface area contributed by atoms with Crippen molar-refractivity contribution in [2.75, 3.05) is 12.1 Å². The Morgan fingerprint density at radius 2 is 2.03 bits per heavy atom. The quantitative estimate of drug-likeness (QED) is 0.603. The van der Waals surface area contributed by atoms with Crippen LogP contribution in [0, 0.1) is 5.92 Å². The van der Waals surface area contributed by atoms with Crippen LogP contribution in [0.2, 0.25) is 0 Å². The van der Waals surface area contributed by atoms with Crippen LogP contribution in [0.1, 0.15) is 12.5 Å². The second-order valence-corrected chi connectivity index (χ2v) is 6.71. The largest absolute Gasteiger partial charge is 0.497 e. The molecule has 0 spiro atoms. The van der Waals surface area contributed by atoms with Gasteiger partial charge >= 0.3 is 0 Å². The van der Waals surface area contributed by atoms with Gasteiger partial charge < -0.3 is 9.15 Å². The molecule has 1 atom stereocenters. The Kier molecular flexibility index (Phi) is 4.95. The molecule has 0 saturated carbocycles. The van der Waals surface area contributed by atoms with E-state index in [1.807, 2.05) is 24.3 Å². The number of carbonyl (C=O) groups excluding carboxylic acids is 2. The van der Waals surface area contributed by atoms with E-state index in [2.05, 4.69) is 10.1 Å². The molecule has 1 amide bonds. The molecule has 7 heteroatoms. The lowest BCUT2D eigenvalue weighted by atomic mass is 9.93. The van der Waals surface area contributed by atoms with E-state index in [0.717, 1.165) is 11.1 Å². The van der Waals surface area contributed by atoms with Crippen molar-refractivity contribution in [3.8, 4) is 17.2 Å². The average Bonchev–Trinajstić information content (AvgIpc) is 3.36. The first-order valence-electron chi connectivity index (χ1n) is 9.11. The molecule has 0 radical (unpaired) electrons. The lowest BCUT2D eigenvalue weighted by molar-refractivity contribution is -0.128. The van der Waals surface area contributed by atoms with Crippen LogP contribution < -0.4 is 9.75 Å². The van der Waals surface area contributed by atoms with Gasteiger partial charge in [-0.15, -0.1) is 0 Å². The fraction of sp³-hybridized carbons (Fsp3) is 0.182. The van der Waals surface area contributed by atoms with E-state index in [1.54, 1.807) is 44.5 Å². The summed E-state index contributed by atoms with van der Waals surface area (Å²) >= 11 is 0. The van der Waals surface area contributed by atoms with Gasteiger partial charge in [-0.3, -0.25) is 9.59 Å². The number of benzene rings is 2. The number of carbonyl (C=O) groups is 2. The first kappa shape index (κ1) is 18.6. The third-order valence-electron chi connectivity index (χ3n) is 4.74. The molecule has 0 N–H and O–H groups in total. The summed E-state index contributed by atoms with van der Waals surface area (Å²) in [6, 6.07) is 14.4. The summed E-state index contributed by atoms with van der Waals surface area (Å²) in [5.41, 5.74) is 2.61. The number of oxazole rings is 1. The molecule has 0 fully saturated rings. The normalized spacial score (nSPS) is 16.1. The van der Waals surface area contributed by atoms with Crippen LogP contribution in [0.5, 0.6) is 5.75 Å². The molecule has 1 aromatic heterocycles. The molecular weight excluding hydrogens is 370 g/mol. The van der Waals surface area contributed by atoms with Gasteiger partial charge in [0.05, 0.1) is 24.7 Å². The number of hydrogen-bond donors (Lipinski definition) is 0. The fourth-order valence-corrected chi connectivity index (χ4v) is 3.35. The van der Waals surface area contributed by atoms with Gasteiger partial charge in [-0.05, 0) is 36.8 Å². The Labute approximate surface area is 167 Å². The number of hydrazone groups is 1. The van der Waals surface area contributed by atoms with E-state index >= 15 is 0 Å². The van der Waals surface area contributed by atoms with Gasteiger partial charge in [-0.2, -0.15) is 10.1 Å². The number of rotatable bonds is 6. The molecule has 3 aromatic rings. The summed E-state index contributed by atoms with van der Waals surface area (Å²) in [5, 5.41) is 5.58. The number of aromatic nitrogens is 1. The molecule has 0 saturated heterocycles. The molecule has 7 nitrogen and oxygen atoms in total. The van der Waals surface area contributed by atoms with Crippen LogP contribution >= 0.6 is 0 Å². The summed E-state index contributed by atoms with van der Waals surface area (Å²) in [6.45, 7) is 1.70. The zero-order chi connectivity index (χ0) is 20.4. The smallest absolute Gasteiger partial charge is 0.263 e. The van der Waals surface area contributed by atoms with Crippen LogP contribution in [0.25, 0.3) is 11.5 Å². The Hall–Kier alpha value is -3.74. The molecule has 29 heavy (non-hydrogen) atoms. The second kappa shape index (κ2) is 7.71. The zero-order valence-corrected chi connectivity index (χ0v) is 16.0. The minimum atomic E-state index is -0.897. The minimum absolute atomic E-state index is 0.115. The van der Waals surface area contributed by atoms with Gasteiger partial charge in [0.1, 0.15) is 17.9 Å². The van der Waals surface area contributed by atoms with Crippen molar-refractivity contribution in [2.24, 2.45) is 11.0 Å². The van der Waals surface area contributed by atoms with Gasteiger partial charge in [0, 0.05) is 18.1 Å². The van der Waals surface area contributed by atoms with Crippen molar-refractivity contribution in [3.63, 3.8) is 0 Å². The highest BCUT2D eigenvalue weighted by atomic mass is 16.5. The minimum Gasteiger partial charge on any atom is -0.497 e. The average molecular weight is 389 g/mol. The van der Waals surface area contributed by atoms with E-state index in [9.17, 15) is 9.59 Å². The Bertz CT molecular complexity index is 1090. The monoisotopic (exact) mass is 389 g/mol. The number of methoxy groups -OCH3 is 1. The van der Waals surface area contributed by atoms with Crippen LogP contribution in [0.4, 0.5) is 5.69 Å². The number of amides is 1. The van der Waals surface area contributed by atoms with Crippen molar-refractivity contribution in [2.45, 2.75) is 13.3 Å². The predicted molar refractivity (Wildman–Crippen MR) is 108 cm³/mol. The molecule has 1 unspecified atom stereocenters. The van der Waals surface area contributed by atoms with Gasteiger partial charge in [0.15, 0.2) is 5.78 Å². The standard InChI is InChI=1S/C22H19N3O4/c1-14-20(22(27)25(24-14)17-7-4-8-18(13-17)28-2)19(26)12-15-5-3-6-16(11-15)21-23-9-10-29-21/h3-11,13,20H,12H2,1-2H3. The van der Waals surface area contributed by atoms with Crippen molar-refractivity contribution < 1.29 is 18.7 Å². The van der Waals surface area contributed by atoms with Gasteiger partial charge in [0.25, 0.3) is 5.91 Å². The molecule has 1 aliphatic heterocycles. The predicted octanol–water partition coefficient (Wildman–Crippen LogP) is 3.50. The number of ketones is 1. The van der Waals surface area contributed by atoms with Crippen molar-refractivity contribution in [1.29, 1.82) is 0 Å². The maximum atomic E-state index is 12.9.